The fourth-order valence-electron chi connectivity index (χ4n) is 3.53. The molecule has 0 bridgehead atoms. The summed E-state index contributed by atoms with van der Waals surface area (Å²) in [5.41, 5.74) is 0. The molecule has 1 amide bonds. The van der Waals surface area contributed by atoms with Crippen LogP contribution >= 0.6 is 0 Å². The number of hydrogen-bond donors (Lipinski definition) is 1. The minimum atomic E-state index is 0.00933. The molecule has 0 aromatic heterocycles. The number of nitrogens with one attached hydrogen (secondary N) is 1. The van der Waals surface area contributed by atoms with Crippen LogP contribution in [0.1, 0.15) is 59.8 Å². The second-order valence-electron chi connectivity index (χ2n) is 6.49. The summed E-state index contributed by atoms with van der Waals surface area (Å²) >= 11 is 0. The predicted molar refractivity (Wildman–Crippen MR) is 77.6 cm³/mol. The van der Waals surface area contributed by atoms with E-state index in [0.29, 0.717) is 18.1 Å². The molecule has 2 saturated heterocycles. The summed E-state index contributed by atoms with van der Waals surface area (Å²) in [6, 6.07) is 1.36. The third kappa shape index (κ3) is 3.29. The maximum absolute atomic E-state index is 12.7. The van der Waals surface area contributed by atoms with Gasteiger partial charge in [-0.1, -0.05) is 20.3 Å². The van der Waals surface area contributed by atoms with E-state index in [2.05, 4.69) is 38.0 Å². The second kappa shape index (κ2) is 6.23. The summed E-state index contributed by atoms with van der Waals surface area (Å²) in [4.78, 5) is 12.7. The van der Waals surface area contributed by atoms with Gasteiger partial charge in [0.15, 0.2) is 0 Å². The van der Waals surface area contributed by atoms with Gasteiger partial charge < -0.3 is 5.32 Å². The molecule has 0 aliphatic carbocycles. The van der Waals surface area contributed by atoms with E-state index in [-0.39, 0.29) is 11.9 Å². The van der Waals surface area contributed by atoms with E-state index in [1.54, 1.807) is 0 Å². The van der Waals surface area contributed by atoms with Crippen LogP contribution < -0.4 is 5.32 Å². The van der Waals surface area contributed by atoms with E-state index in [0.717, 1.165) is 19.4 Å². The average molecular weight is 267 g/mol. The maximum atomic E-state index is 12.7. The van der Waals surface area contributed by atoms with E-state index < -0.39 is 0 Å². The van der Waals surface area contributed by atoms with Gasteiger partial charge in [-0.3, -0.25) is 9.80 Å². The van der Waals surface area contributed by atoms with Crippen LogP contribution in [-0.4, -0.2) is 46.6 Å². The van der Waals surface area contributed by atoms with E-state index in [1.807, 2.05) is 5.01 Å². The zero-order valence-electron chi connectivity index (χ0n) is 12.9. The Labute approximate surface area is 117 Å². The molecule has 3 atom stereocenters. The van der Waals surface area contributed by atoms with Crippen molar-refractivity contribution < 1.29 is 4.79 Å². The topological polar surface area (TPSA) is 35.6 Å². The fourth-order valence-corrected chi connectivity index (χ4v) is 3.53. The average Bonchev–Trinajstić information content (AvgIpc) is 2.33. The Bertz CT molecular complexity index is 309. The first-order valence-corrected chi connectivity index (χ1v) is 7.86. The number of carbonyl (C=O) groups excluding carboxylic acids is 1. The number of carbonyl (C=O) groups is 1. The minimum Gasteiger partial charge on any atom is -0.304 e. The van der Waals surface area contributed by atoms with Crippen molar-refractivity contribution >= 4 is 5.91 Å². The third-order valence-corrected chi connectivity index (χ3v) is 4.38. The van der Waals surface area contributed by atoms with E-state index in [9.17, 15) is 4.79 Å². The van der Waals surface area contributed by atoms with Crippen LogP contribution in [0.25, 0.3) is 0 Å². The Morgan fingerprint density at radius 1 is 1.11 bits per heavy atom. The van der Waals surface area contributed by atoms with Crippen LogP contribution in [0.4, 0.5) is 0 Å². The molecule has 4 nitrogen and oxygen atoms in total. The Balaban J connectivity index is 2.07. The Morgan fingerprint density at radius 3 is 2.32 bits per heavy atom. The lowest BCUT2D eigenvalue weighted by Crippen LogP contribution is -2.62. The van der Waals surface area contributed by atoms with Crippen molar-refractivity contribution in [1.82, 2.24) is 15.3 Å². The number of hydrazine groups is 1. The molecule has 19 heavy (non-hydrogen) atoms. The summed E-state index contributed by atoms with van der Waals surface area (Å²) in [5.74, 6) is 0.278. The largest absolute Gasteiger partial charge is 0.304 e. The van der Waals surface area contributed by atoms with E-state index in [1.165, 1.54) is 19.3 Å². The van der Waals surface area contributed by atoms with Crippen molar-refractivity contribution in [3.8, 4) is 0 Å². The SMILES string of the molecule is CC(C)NC1CCCN(N2C(C)CCCC2C)C1=O. The maximum Gasteiger partial charge on any atom is 0.254 e. The summed E-state index contributed by atoms with van der Waals surface area (Å²) in [7, 11) is 0. The second-order valence-corrected chi connectivity index (χ2v) is 6.49. The lowest BCUT2D eigenvalue weighted by molar-refractivity contribution is -0.170. The first-order chi connectivity index (χ1) is 9.00. The van der Waals surface area contributed by atoms with Gasteiger partial charge in [0.2, 0.25) is 0 Å². The van der Waals surface area contributed by atoms with Gasteiger partial charge in [-0.15, -0.1) is 0 Å². The minimum absolute atomic E-state index is 0.00933. The molecule has 2 heterocycles. The highest BCUT2D eigenvalue weighted by molar-refractivity contribution is 5.82. The monoisotopic (exact) mass is 267 g/mol. The van der Waals surface area contributed by atoms with Crippen molar-refractivity contribution in [2.45, 2.75) is 84.0 Å². The molecular weight excluding hydrogens is 238 g/mol. The number of nitrogens with zero attached hydrogens (tertiary/aromatic N) is 2. The molecule has 110 valence electrons. The van der Waals surface area contributed by atoms with Crippen LogP contribution in [0.3, 0.4) is 0 Å². The van der Waals surface area contributed by atoms with Crippen LogP contribution in [0.15, 0.2) is 0 Å². The molecule has 4 heteroatoms. The highest BCUT2D eigenvalue weighted by Crippen LogP contribution is 2.27. The Morgan fingerprint density at radius 2 is 1.74 bits per heavy atom. The molecule has 0 aromatic carbocycles. The van der Waals surface area contributed by atoms with Gasteiger partial charge in [0.1, 0.15) is 0 Å². The smallest absolute Gasteiger partial charge is 0.254 e. The molecule has 2 rings (SSSR count). The zero-order valence-corrected chi connectivity index (χ0v) is 12.9. The highest BCUT2D eigenvalue weighted by Gasteiger charge is 2.37. The van der Waals surface area contributed by atoms with Crippen molar-refractivity contribution in [2.75, 3.05) is 6.54 Å². The molecule has 0 spiro atoms. The number of rotatable bonds is 3. The van der Waals surface area contributed by atoms with E-state index >= 15 is 0 Å². The van der Waals surface area contributed by atoms with Gasteiger partial charge in [0.05, 0.1) is 6.04 Å². The Hall–Kier alpha value is -0.610. The molecule has 2 aliphatic heterocycles. The molecule has 0 saturated carbocycles. The van der Waals surface area contributed by atoms with Crippen LogP contribution in [0.2, 0.25) is 0 Å². The zero-order chi connectivity index (χ0) is 14.0. The van der Waals surface area contributed by atoms with Crippen molar-refractivity contribution in [1.29, 1.82) is 0 Å². The Kier molecular flexibility index (Phi) is 4.85. The molecule has 2 fully saturated rings. The van der Waals surface area contributed by atoms with Crippen LogP contribution in [0.5, 0.6) is 0 Å². The predicted octanol–water partition coefficient (Wildman–Crippen LogP) is 2.15. The first-order valence-electron chi connectivity index (χ1n) is 7.86. The third-order valence-electron chi connectivity index (χ3n) is 4.38. The molecule has 2 aliphatic rings. The molecular formula is C15H29N3O. The first kappa shape index (κ1) is 14.8. The van der Waals surface area contributed by atoms with E-state index in [4.69, 9.17) is 0 Å². The highest BCUT2D eigenvalue weighted by atomic mass is 16.2. The standard InChI is InChI=1S/C15H29N3O/c1-11(2)16-14-9-6-10-17(15(14)19)18-12(3)7-5-8-13(18)4/h11-14,16H,5-10H2,1-4H3. The van der Waals surface area contributed by atoms with Crippen LogP contribution in [-0.2, 0) is 4.79 Å². The lowest BCUT2D eigenvalue weighted by atomic mass is 9.98. The van der Waals surface area contributed by atoms with Gasteiger partial charge in [-0.05, 0) is 39.5 Å². The van der Waals surface area contributed by atoms with Gasteiger partial charge in [-0.25, -0.2) is 5.01 Å². The normalized spacial score (nSPS) is 34.1. The molecule has 0 aromatic rings. The van der Waals surface area contributed by atoms with Gasteiger partial charge in [0, 0.05) is 24.7 Å². The van der Waals surface area contributed by atoms with Gasteiger partial charge in [0.25, 0.3) is 5.91 Å². The molecule has 1 N–H and O–H groups in total. The van der Waals surface area contributed by atoms with Gasteiger partial charge >= 0.3 is 0 Å². The molecule has 3 unspecified atom stereocenters. The quantitative estimate of drug-likeness (QED) is 0.851. The lowest BCUT2D eigenvalue weighted by Gasteiger charge is -2.48. The summed E-state index contributed by atoms with van der Waals surface area (Å²) in [6.07, 6.45) is 5.78. The van der Waals surface area contributed by atoms with Crippen molar-refractivity contribution in [3.05, 3.63) is 0 Å². The summed E-state index contributed by atoms with van der Waals surface area (Å²) in [6.45, 7) is 9.62. The summed E-state index contributed by atoms with van der Waals surface area (Å²) < 4.78 is 0. The van der Waals surface area contributed by atoms with Gasteiger partial charge in [-0.2, -0.15) is 0 Å². The number of amides is 1. The molecule has 0 radical (unpaired) electrons. The number of hydrogen-bond acceptors (Lipinski definition) is 3. The van der Waals surface area contributed by atoms with Crippen molar-refractivity contribution in [3.63, 3.8) is 0 Å². The summed E-state index contributed by atoms with van der Waals surface area (Å²) in [5, 5.41) is 7.80. The fraction of sp³-hybridized carbons (Fsp3) is 0.933. The van der Waals surface area contributed by atoms with Crippen LogP contribution in [0, 0.1) is 0 Å². The van der Waals surface area contributed by atoms with Crippen molar-refractivity contribution in [2.24, 2.45) is 0 Å². The number of piperidine rings is 2.